The number of aryl methyl sites for hydroxylation is 1. The maximum Gasteiger partial charge on any atom is 0.223 e. The fourth-order valence-corrected chi connectivity index (χ4v) is 4.44. The van der Waals surface area contributed by atoms with Gasteiger partial charge < -0.3 is 9.72 Å². The van der Waals surface area contributed by atoms with E-state index in [9.17, 15) is 4.79 Å². The van der Waals surface area contributed by atoms with Crippen LogP contribution in [0.2, 0.25) is 0 Å². The van der Waals surface area contributed by atoms with E-state index in [1.54, 1.807) is 11.3 Å². The van der Waals surface area contributed by atoms with Crippen molar-refractivity contribution in [3.05, 3.63) is 50.8 Å². The number of thiazole rings is 1. The van der Waals surface area contributed by atoms with Gasteiger partial charge in [-0.3, -0.25) is 9.69 Å². The maximum atomic E-state index is 12.5. The summed E-state index contributed by atoms with van der Waals surface area (Å²) in [6.07, 6.45) is 5.71. The summed E-state index contributed by atoms with van der Waals surface area (Å²) in [5.41, 5.74) is 2.89. The molecule has 3 aromatic rings. The van der Waals surface area contributed by atoms with Crippen molar-refractivity contribution in [3.8, 4) is 0 Å². The van der Waals surface area contributed by atoms with Crippen molar-refractivity contribution in [2.24, 2.45) is 5.92 Å². The first-order valence-corrected chi connectivity index (χ1v) is 10.8. The number of likely N-dealkylation sites (tertiary alicyclic amines) is 1. The van der Waals surface area contributed by atoms with Crippen LogP contribution in [-0.4, -0.2) is 38.3 Å². The standard InChI is InChI=1S/C19H22BrN5OS/c1-13-22-17(12-27-13)10-24-6-4-14(5-7-24)19(26)21-8-16-11-25-9-15(20)2-3-18(25)23-16/h2-3,9,11-12,14H,4-8,10H2,1H3,(H,21,26). The Bertz CT molecular complexity index is 945. The van der Waals surface area contributed by atoms with Gasteiger partial charge in [-0.1, -0.05) is 0 Å². The lowest BCUT2D eigenvalue weighted by molar-refractivity contribution is -0.126. The number of carbonyl (C=O) groups is 1. The van der Waals surface area contributed by atoms with Crippen LogP contribution in [0.4, 0.5) is 0 Å². The number of imidazole rings is 1. The minimum Gasteiger partial charge on any atom is -0.350 e. The average Bonchev–Trinajstić information content (AvgIpc) is 3.25. The van der Waals surface area contributed by atoms with E-state index in [-0.39, 0.29) is 11.8 Å². The van der Waals surface area contributed by atoms with Gasteiger partial charge in [0.05, 0.1) is 22.9 Å². The predicted octanol–water partition coefficient (Wildman–Crippen LogP) is 3.39. The molecule has 142 valence electrons. The molecule has 1 fully saturated rings. The van der Waals surface area contributed by atoms with Crippen molar-refractivity contribution < 1.29 is 4.79 Å². The number of rotatable bonds is 5. The Kier molecular flexibility index (Phi) is 5.56. The summed E-state index contributed by atoms with van der Waals surface area (Å²) in [4.78, 5) is 24.0. The number of aromatic nitrogens is 3. The monoisotopic (exact) mass is 447 g/mol. The summed E-state index contributed by atoms with van der Waals surface area (Å²) >= 11 is 5.15. The molecule has 0 aromatic carbocycles. The lowest BCUT2D eigenvalue weighted by Crippen LogP contribution is -2.40. The molecule has 0 atom stereocenters. The molecule has 3 aromatic heterocycles. The fraction of sp³-hybridized carbons (Fsp3) is 0.421. The van der Waals surface area contributed by atoms with E-state index in [0.717, 1.165) is 59.0 Å². The summed E-state index contributed by atoms with van der Waals surface area (Å²) in [6.45, 7) is 5.27. The third kappa shape index (κ3) is 4.56. The van der Waals surface area contributed by atoms with Crippen molar-refractivity contribution in [3.63, 3.8) is 0 Å². The van der Waals surface area contributed by atoms with E-state index in [2.05, 4.69) is 41.5 Å². The summed E-state index contributed by atoms with van der Waals surface area (Å²) in [5.74, 6) is 0.224. The van der Waals surface area contributed by atoms with Gasteiger partial charge in [-0.05, 0) is 60.9 Å². The molecule has 0 spiro atoms. The SMILES string of the molecule is Cc1nc(CN2CCC(C(=O)NCc3cn4cc(Br)ccc4n3)CC2)cs1. The highest BCUT2D eigenvalue weighted by atomic mass is 79.9. The molecule has 1 aliphatic rings. The van der Waals surface area contributed by atoms with E-state index < -0.39 is 0 Å². The van der Waals surface area contributed by atoms with Gasteiger partial charge in [0.15, 0.2) is 0 Å². The first-order chi connectivity index (χ1) is 13.1. The number of nitrogens with zero attached hydrogens (tertiary/aromatic N) is 4. The number of hydrogen-bond acceptors (Lipinski definition) is 5. The average molecular weight is 448 g/mol. The van der Waals surface area contributed by atoms with Crippen LogP contribution in [0.3, 0.4) is 0 Å². The quantitative estimate of drug-likeness (QED) is 0.650. The van der Waals surface area contributed by atoms with Crippen molar-refractivity contribution in [2.45, 2.75) is 32.9 Å². The zero-order valence-electron chi connectivity index (χ0n) is 15.2. The molecule has 4 heterocycles. The Morgan fingerprint density at radius 3 is 2.81 bits per heavy atom. The van der Waals surface area contributed by atoms with Crippen LogP contribution in [0.15, 0.2) is 34.4 Å². The van der Waals surface area contributed by atoms with E-state index in [1.807, 2.05) is 35.9 Å². The minimum absolute atomic E-state index is 0.0876. The molecule has 4 rings (SSSR count). The lowest BCUT2D eigenvalue weighted by atomic mass is 9.96. The summed E-state index contributed by atoms with van der Waals surface area (Å²) in [5, 5.41) is 6.29. The van der Waals surface area contributed by atoms with Crippen LogP contribution in [0.25, 0.3) is 5.65 Å². The van der Waals surface area contributed by atoms with Gasteiger partial charge in [-0.2, -0.15) is 0 Å². The number of piperidine rings is 1. The highest BCUT2D eigenvalue weighted by Crippen LogP contribution is 2.20. The predicted molar refractivity (Wildman–Crippen MR) is 110 cm³/mol. The number of nitrogens with one attached hydrogen (secondary N) is 1. The van der Waals surface area contributed by atoms with Crippen molar-refractivity contribution >= 4 is 38.8 Å². The van der Waals surface area contributed by atoms with Gasteiger partial charge in [0.25, 0.3) is 0 Å². The first kappa shape index (κ1) is 18.6. The molecular formula is C19H22BrN5OS. The van der Waals surface area contributed by atoms with Gasteiger partial charge in [-0.25, -0.2) is 9.97 Å². The third-order valence-electron chi connectivity index (χ3n) is 4.92. The highest BCUT2D eigenvalue weighted by molar-refractivity contribution is 9.10. The van der Waals surface area contributed by atoms with Gasteiger partial charge >= 0.3 is 0 Å². The Balaban J connectivity index is 1.26. The molecule has 6 nitrogen and oxygen atoms in total. The molecule has 1 amide bonds. The fourth-order valence-electron chi connectivity index (χ4n) is 3.49. The first-order valence-electron chi connectivity index (χ1n) is 9.11. The number of fused-ring (bicyclic) bond motifs is 1. The van der Waals surface area contributed by atoms with E-state index in [4.69, 9.17) is 0 Å². The van der Waals surface area contributed by atoms with Gasteiger partial charge in [0.1, 0.15) is 5.65 Å². The molecule has 0 saturated carbocycles. The molecule has 0 radical (unpaired) electrons. The molecule has 0 bridgehead atoms. The zero-order chi connectivity index (χ0) is 18.8. The number of hydrogen-bond donors (Lipinski definition) is 1. The van der Waals surface area contributed by atoms with Gasteiger partial charge in [0.2, 0.25) is 5.91 Å². The second-order valence-corrected chi connectivity index (χ2v) is 8.95. The van der Waals surface area contributed by atoms with Crippen LogP contribution in [0.1, 0.15) is 29.2 Å². The normalized spacial score (nSPS) is 16.1. The zero-order valence-corrected chi connectivity index (χ0v) is 17.6. The van der Waals surface area contributed by atoms with Crippen molar-refractivity contribution in [2.75, 3.05) is 13.1 Å². The smallest absolute Gasteiger partial charge is 0.223 e. The highest BCUT2D eigenvalue weighted by Gasteiger charge is 2.25. The second kappa shape index (κ2) is 8.08. The van der Waals surface area contributed by atoms with E-state index >= 15 is 0 Å². The number of amides is 1. The Hall–Kier alpha value is -1.77. The topological polar surface area (TPSA) is 62.5 Å². The van der Waals surface area contributed by atoms with Gasteiger partial charge in [0, 0.05) is 34.7 Å². The number of halogens is 1. The number of carbonyl (C=O) groups excluding carboxylic acids is 1. The van der Waals surface area contributed by atoms with Gasteiger partial charge in [-0.15, -0.1) is 11.3 Å². The van der Waals surface area contributed by atoms with Crippen LogP contribution >= 0.6 is 27.3 Å². The van der Waals surface area contributed by atoms with Crippen LogP contribution < -0.4 is 5.32 Å². The molecular weight excluding hydrogens is 426 g/mol. The van der Waals surface area contributed by atoms with Crippen LogP contribution in [0, 0.1) is 12.8 Å². The molecule has 0 aliphatic carbocycles. The Morgan fingerprint density at radius 2 is 2.07 bits per heavy atom. The Labute approximate surface area is 170 Å². The minimum atomic E-state index is 0.0876. The maximum absolute atomic E-state index is 12.5. The Morgan fingerprint density at radius 1 is 1.26 bits per heavy atom. The molecule has 8 heteroatoms. The molecule has 0 unspecified atom stereocenters. The van der Waals surface area contributed by atoms with Crippen LogP contribution in [0.5, 0.6) is 0 Å². The molecule has 1 aliphatic heterocycles. The van der Waals surface area contributed by atoms with Crippen molar-refractivity contribution in [1.29, 1.82) is 0 Å². The number of pyridine rings is 1. The lowest BCUT2D eigenvalue weighted by Gasteiger charge is -2.30. The molecule has 27 heavy (non-hydrogen) atoms. The second-order valence-electron chi connectivity index (χ2n) is 6.97. The van der Waals surface area contributed by atoms with E-state index in [1.165, 1.54) is 0 Å². The van der Waals surface area contributed by atoms with Crippen molar-refractivity contribution in [1.82, 2.24) is 24.6 Å². The van der Waals surface area contributed by atoms with Crippen LogP contribution in [-0.2, 0) is 17.9 Å². The summed E-state index contributed by atoms with van der Waals surface area (Å²) in [7, 11) is 0. The molecule has 1 saturated heterocycles. The van der Waals surface area contributed by atoms with E-state index in [0.29, 0.717) is 6.54 Å². The molecule has 1 N–H and O–H groups in total. The third-order valence-corrected chi connectivity index (χ3v) is 6.21. The summed E-state index contributed by atoms with van der Waals surface area (Å²) < 4.78 is 2.96. The summed E-state index contributed by atoms with van der Waals surface area (Å²) in [6, 6.07) is 3.92. The largest absolute Gasteiger partial charge is 0.350 e.